The van der Waals surface area contributed by atoms with E-state index >= 15 is 0 Å². The summed E-state index contributed by atoms with van der Waals surface area (Å²) >= 11 is 0. The van der Waals surface area contributed by atoms with Crippen molar-refractivity contribution in [3.05, 3.63) is 0 Å². The van der Waals surface area contributed by atoms with Gasteiger partial charge < -0.3 is 10.0 Å². The van der Waals surface area contributed by atoms with Gasteiger partial charge in [0.05, 0.1) is 6.10 Å². The minimum absolute atomic E-state index is 0.159. The Bertz CT molecular complexity index is 196. The van der Waals surface area contributed by atoms with Crippen molar-refractivity contribution in [3.63, 3.8) is 0 Å². The summed E-state index contributed by atoms with van der Waals surface area (Å²) in [6.45, 7) is 3.83. The van der Waals surface area contributed by atoms with E-state index in [0.29, 0.717) is 26.1 Å². The van der Waals surface area contributed by atoms with Crippen LogP contribution in [-0.2, 0) is 0 Å². The van der Waals surface area contributed by atoms with Gasteiger partial charge in [-0.15, -0.1) is 0 Å². The lowest BCUT2D eigenvalue weighted by molar-refractivity contribution is -0.136. The summed E-state index contributed by atoms with van der Waals surface area (Å²) in [5.41, 5.74) is 0. The fraction of sp³-hybridized carbons (Fsp3) is 1.00. The number of aliphatic hydroxyl groups excluding tert-OH is 1. The lowest BCUT2D eigenvalue weighted by Gasteiger charge is -2.34. The van der Waals surface area contributed by atoms with E-state index in [9.17, 15) is 18.3 Å². The topological polar surface area (TPSA) is 23.5 Å². The summed E-state index contributed by atoms with van der Waals surface area (Å²) in [6.07, 6.45) is -4.20. The largest absolute Gasteiger partial charge is 0.393 e. The molecule has 0 spiro atoms. The number of hydrogen-bond donors (Lipinski definition) is 1. The van der Waals surface area contributed by atoms with Gasteiger partial charge in [0.15, 0.2) is 0 Å². The van der Waals surface area contributed by atoms with E-state index in [0.717, 1.165) is 0 Å². The Labute approximate surface area is 88.1 Å². The lowest BCUT2D eigenvalue weighted by Crippen LogP contribution is -2.42. The zero-order valence-corrected chi connectivity index (χ0v) is 8.93. The molecule has 0 radical (unpaired) electrons. The first-order chi connectivity index (χ1) is 6.88. The molecule has 1 fully saturated rings. The van der Waals surface area contributed by atoms with Crippen LogP contribution in [-0.4, -0.2) is 41.9 Å². The Hall–Kier alpha value is -0.290. The number of aliphatic hydroxyl groups is 1. The summed E-state index contributed by atoms with van der Waals surface area (Å²) in [7, 11) is 0. The number of halogens is 3. The molecule has 0 aromatic rings. The van der Waals surface area contributed by atoms with Crippen LogP contribution in [0, 0.1) is 5.92 Å². The van der Waals surface area contributed by atoms with E-state index in [-0.39, 0.29) is 18.4 Å². The number of likely N-dealkylation sites (tertiary alicyclic amines) is 1. The number of hydrogen-bond acceptors (Lipinski definition) is 2. The second kappa shape index (κ2) is 5.16. The molecule has 0 aliphatic carbocycles. The molecule has 0 aromatic heterocycles. The van der Waals surface area contributed by atoms with E-state index < -0.39 is 12.6 Å². The summed E-state index contributed by atoms with van der Waals surface area (Å²) in [4.78, 5) is 2.00. The van der Waals surface area contributed by atoms with E-state index in [4.69, 9.17) is 0 Å². The first-order valence-corrected chi connectivity index (χ1v) is 5.35. The van der Waals surface area contributed by atoms with Crippen molar-refractivity contribution in [1.29, 1.82) is 0 Å². The Balaban J connectivity index is 2.17. The monoisotopic (exact) mass is 225 g/mol. The Morgan fingerprint density at radius 2 is 2.07 bits per heavy atom. The minimum atomic E-state index is -4.04. The zero-order chi connectivity index (χ0) is 11.5. The fourth-order valence-electron chi connectivity index (χ4n) is 1.93. The third-order valence-corrected chi connectivity index (χ3v) is 2.88. The maximum atomic E-state index is 11.9. The standard InChI is InChI=1S/C10H18F3NO/c1-8-7-14(6-3-9(8)15)5-2-4-10(11,12)13/h8-9,15H,2-7H2,1H3. The van der Waals surface area contributed by atoms with Crippen LogP contribution >= 0.6 is 0 Å². The maximum Gasteiger partial charge on any atom is 0.389 e. The van der Waals surface area contributed by atoms with E-state index in [1.54, 1.807) is 0 Å². The highest BCUT2D eigenvalue weighted by molar-refractivity contribution is 4.77. The van der Waals surface area contributed by atoms with Crippen LogP contribution in [0.15, 0.2) is 0 Å². The minimum Gasteiger partial charge on any atom is -0.393 e. The zero-order valence-electron chi connectivity index (χ0n) is 8.93. The van der Waals surface area contributed by atoms with Crippen molar-refractivity contribution in [2.75, 3.05) is 19.6 Å². The van der Waals surface area contributed by atoms with Crippen LogP contribution in [0.2, 0.25) is 0 Å². The first kappa shape index (κ1) is 12.8. The van der Waals surface area contributed by atoms with Gasteiger partial charge in [-0.1, -0.05) is 6.92 Å². The molecule has 1 heterocycles. The average molecular weight is 225 g/mol. The molecule has 90 valence electrons. The van der Waals surface area contributed by atoms with Crippen LogP contribution < -0.4 is 0 Å². The van der Waals surface area contributed by atoms with Crippen molar-refractivity contribution < 1.29 is 18.3 Å². The van der Waals surface area contributed by atoms with Gasteiger partial charge >= 0.3 is 6.18 Å². The van der Waals surface area contributed by atoms with Gasteiger partial charge in [0.1, 0.15) is 0 Å². The lowest BCUT2D eigenvalue weighted by atomic mass is 9.96. The third kappa shape index (κ3) is 4.84. The average Bonchev–Trinajstić information content (AvgIpc) is 2.09. The Kier molecular flexibility index (Phi) is 4.40. The molecular formula is C10H18F3NO. The molecule has 0 saturated carbocycles. The van der Waals surface area contributed by atoms with Gasteiger partial charge in [-0.05, 0) is 25.3 Å². The third-order valence-electron chi connectivity index (χ3n) is 2.88. The molecule has 2 nitrogen and oxygen atoms in total. The number of piperidine rings is 1. The molecule has 1 N–H and O–H groups in total. The summed E-state index contributed by atoms with van der Waals surface area (Å²) in [5.74, 6) is 0.171. The molecule has 1 rings (SSSR count). The number of nitrogens with zero attached hydrogens (tertiary/aromatic N) is 1. The van der Waals surface area contributed by atoms with Crippen molar-refractivity contribution in [2.24, 2.45) is 5.92 Å². The van der Waals surface area contributed by atoms with Crippen LogP contribution in [0.4, 0.5) is 13.2 Å². The highest BCUT2D eigenvalue weighted by Crippen LogP contribution is 2.22. The SMILES string of the molecule is CC1CN(CCCC(F)(F)F)CCC1O. The maximum absolute atomic E-state index is 11.9. The van der Waals surface area contributed by atoms with Gasteiger partial charge in [-0.2, -0.15) is 13.2 Å². The Morgan fingerprint density at radius 1 is 1.40 bits per heavy atom. The van der Waals surface area contributed by atoms with E-state index in [2.05, 4.69) is 0 Å². The molecule has 5 heteroatoms. The van der Waals surface area contributed by atoms with Crippen LogP contribution in [0.1, 0.15) is 26.2 Å². The highest BCUT2D eigenvalue weighted by atomic mass is 19.4. The molecule has 0 bridgehead atoms. The summed E-state index contributed by atoms with van der Waals surface area (Å²) < 4.78 is 35.7. The Morgan fingerprint density at radius 3 is 2.60 bits per heavy atom. The molecule has 1 aliphatic heterocycles. The summed E-state index contributed by atoms with van der Waals surface area (Å²) in [6, 6.07) is 0. The van der Waals surface area contributed by atoms with Crippen LogP contribution in [0.5, 0.6) is 0 Å². The van der Waals surface area contributed by atoms with Gasteiger partial charge in [0, 0.05) is 19.5 Å². The predicted octanol–water partition coefficient (Wildman–Crippen LogP) is 2.03. The quantitative estimate of drug-likeness (QED) is 0.794. The smallest absolute Gasteiger partial charge is 0.389 e. The van der Waals surface area contributed by atoms with Gasteiger partial charge in [-0.3, -0.25) is 0 Å². The van der Waals surface area contributed by atoms with Crippen molar-refractivity contribution in [1.82, 2.24) is 4.90 Å². The van der Waals surface area contributed by atoms with Crippen molar-refractivity contribution >= 4 is 0 Å². The molecule has 0 aromatic carbocycles. The van der Waals surface area contributed by atoms with Crippen molar-refractivity contribution in [3.8, 4) is 0 Å². The molecule has 1 aliphatic rings. The summed E-state index contributed by atoms with van der Waals surface area (Å²) in [5, 5.41) is 9.44. The van der Waals surface area contributed by atoms with E-state index in [1.165, 1.54) is 0 Å². The van der Waals surface area contributed by atoms with Crippen LogP contribution in [0.3, 0.4) is 0 Å². The normalized spacial score (nSPS) is 29.4. The van der Waals surface area contributed by atoms with Crippen molar-refractivity contribution in [2.45, 2.75) is 38.5 Å². The van der Waals surface area contributed by atoms with E-state index in [1.807, 2.05) is 11.8 Å². The molecule has 0 amide bonds. The van der Waals surface area contributed by atoms with Gasteiger partial charge in [0.2, 0.25) is 0 Å². The highest BCUT2D eigenvalue weighted by Gasteiger charge is 2.28. The predicted molar refractivity (Wildman–Crippen MR) is 51.5 cm³/mol. The number of alkyl halides is 3. The second-order valence-corrected chi connectivity index (χ2v) is 4.35. The molecule has 2 atom stereocenters. The molecule has 2 unspecified atom stereocenters. The fourth-order valence-corrected chi connectivity index (χ4v) is 1.93. The molecular weight excluding hydrogens is 207 g/mol. The van der Waals surface area contributed by atoms with Crippen LogP contribution in [0.25, 0.3) is 0 Å². The first-order valence-electron chi connectivity index (χ1n) is 5.35. The van der Waals surface area contributed by atoms with Gasteiger partial charge in [-0.25, -0.2) is 0 Å². The van der Waals surface area contributed by atoms with Gasteiger partial charge in [0.25, 0.3) is 0 Å². The second-order valence-electron chi connectivity index (χ2n) is 4.35. The number of rotatable bonds is 3. The molecule has 15 heavy (non-hydrogen) atoms. The molecule has 1 saturated heterocycles.